The summed E-state index contributed by atoms with van der Waals surface area (Å²) in [6, 6.07) is 9.10. The first-order valence-electron chi connectivity index (χ1n) is 6.41. The van der Waals surface area contributed by atoms with E-state index >= 15 is 0 Å². The first-order chi connectivity index (χ1) is 7.94. The van der Waals surface area contributed by atoms with Gasteiger partial charge in [-0.15, -0.1) is 0 Å². The van der Waals surface area contributed by atoms with Crippen LogP contribution in [0.3, 0.4) is 0 Å². The highest BCUT2D eigenvalue weighted by atomic mass is 79.9. The molecular formula is C15H24BrN. The zero-order valence-corrected chi connectivity index (χ0v) is 13.0. The Kier molecular flexibility index (Phi) is 5.68. The Hall–Kier alpha value is -0.340. The maximum absolute atomic E-state index is 3.63. The van der Waals surface area contributed by atoms with E-state index in [1.54, 1.807) is 0 Å². The lowest BCUT2D eigenvalue weighted by molar-refractivity contribution is 0.288. The van der Waals surface area contributed by atoms with E-state index in [1.165, 1.54) is 16.5 Å². The van der Waals surface area contributed by atoms with E-state index in [9.17, 15) is 0 Å². The first kappa shape index (κ1) is 14.7. The molecule has 1 atom stereocenters. The Bertz CT molecular complexity index is 347. The van der Waals surface area contributed by atoms with Crippen LogP contribution in [0.25, 0.3) is 0 Å². The molecule has 0 spiro atoms. The van der Waals surface area contributed by atoms with Gasteiger partial charge in [-0.2, -0.15) is 0 Å². The second-order valence-electron chi connectivity index (χ2n) is 5.60. The summed E-state index contributed by atoms with van der Waals surface area (Å²) in [5.41, 5.74) is 1.73. The van der Waals surface area contributed by atoms with Crippen LogP contribution in [-0.2, 0) is 6.42 Å². The van der Waals surface area contributed by atoms with Crippen molar-refractivity contribution in [2.45, 2.75) is 46.6 Å². The highest BCUT2D eigenvalue weighted by molar-refractivity contribution is 9.10. The maximum Gasteiger partial charge on any atom is 0.0207 e. The van der Waals surface area contributed by atoms with Crippen LogP contribution in [0.1, 0.15) is 39.7 Å². The van der Waals surface area contributed by atoms with Crippen molar-refractivity contribution in [1.29, 1.82) is 0 Å². The van der Waals surface area contributed by atoms with Gasteiger partial charge >= 0.3 is 0 Å². The van der Waals surface area contributed by atoms with Crippen LogP contribution in [-0.4, -0.2) is 12.6 Å². The zero-order valence-electron chi connectivity index (χ0n) is 11.4. The third-order valence-corrected chi connectivity index (χ3v) is 3.81. The van der Waals surface area contributed by atoms with Crippen LogP contribution in [0.4, 0.5) is 0 Å². The molecule has 1 N–H and O–H groups in total. The Morgan fingerprint density at radius 2 is 1.94 bits per heavy atom. The van der Waals surface area contributed by atoms with Crippen molar-refractivity contribution in [3.8, 4) is 0 Å². The van der Waals surface area contributed by atoms with Crippen LogP contribution < -0.4 is 5.32 Å². The quantitative estimate of drug-likeness (QED) is 0.820. The minimum absolute atomic E-state index is 0.325. The molecule has 1 aromatic rings. The van der Waals surface area contributed by atoms with E-state index in [1.807, 2.05) is 0 Å². The maximum atomic E-state index is 3.63. The Balaban J connectivity index is 2.63. The van der Waals surface area contributed by atoms with Gasteiger partial charge < -0.3 is 5.32 Å². The molecule has 0 aliphatic heterocycles. The predicted molar refractivity (Wildman–Crippen MR) is 79.4 cm³/mol. The van der Waals surface area contributed by atoms with Crippen molar-refractivity contribution in [2.75, 3.05) is 6.54 Å². The lowest BCUT2D eigenvalue weighted by Crippen LogP contribution is -2.32. The normalized spacial score (nSPS) is 13.7. The fourth-order valence-electron chi connectivity index (χ4n) is 2.48. The van der Waals surface area contributed by atoms with Crippen LogP contribution >= 0.6 is 15.9 Å². The fourth-order valence-corrected chi connectivity index (χ4v) is 2.90. The number of hydrogen-bond acceptors (Lipinski definition) is 1. The van der Waals surface area contributed by atoms with Crippen LogP contribution in [0, 0.1) is 5.41 Å². The van der Waals surface area contributed by atoms with Crippen molar-refractivity contribution >= 4 is 15.9 Å². The zero-order chi connectivity index (χ0) is 12.9. The van der Waals surface area contributed by atoms with Crippen molar-refractivity contribution in [1.82, 2.24) is 5.32 Å². The number of nitrogens with one attached hydrogen (secondary N) is 1. The lowest BCUT2D eigenvalue weighted by atomic mass is 9.80. The molecule has 1 aromatic carbocycles. The molecule has 0 radical (unpaired) electrons. The van der Waals surface area contributed by atoms with Gasteiger partial charge in [-0.25, -0.2) is 0 Å². The van der Waals surface area contributed by atoms with E-state index < -0.39 is 0 Å². The van der Waals surface area contributed by atoms with Gasteiger partial charge in [-0.3, -0.25) is 0 Å². The second kappa shape index (κ2) is 6.55. The summed E-state index contributed by atoms with van der Waals surface area (Å²) in [6.07, 6.45) is 2.31. The Morgan fingerprint density at radius 1 is 1.29 bits per heavy atom. The van der Waals surface area contributed by atoms with Gasteiger partial charge in [0.2, 0.25) is 0 Å². The highest BCUT2D eigenvalue weighted by Gasteiger charge is 2.22. The molecule has 0 bridgehead atoms. The van der Waals surface area contributed by atoms with E-state index in [0.717, 1.165) is 13.0 Å². The Labute approximate surface area is 114 Å². The monoisotopic (exact) mass is 297 g/mol. The molecule has 96 valence electrons. The SMILES string of the molecule is CCNC(C)CC(C)(C)Cc1ccccc1Br. The molecule has 0 aliphatic carbocycles. The van der Waals surface area contributed by atoms with Crippen LogP contribution in [0.2, 0.25) is 0 Å². The highest BCUT2D eigenvalue weighted by Crippen LogP contribution is 2.30. The molecule has 0 aliphatic rings. The van der Waals surface area contributed by atoms with E-state index in [4.69, 9.17) is 0 Å². The van der Waals surface area contributed by atoms with Crippen molar-refractivity contribution in [3.63, 3.8) is 0 Å². The summed E-state index contributed by atoms with van der Waals surface area (Å²) in [4.78, 5) is 0. The molecule has 0 saturated carbocycles. The molecular weight excluding hydrogens is 274 g/mol. The average molecular weight is 298 g/mol. The van der Waals surface area contributed by atoms with Crippen molar-refractivity contribution in [2.24, 2.45) is 5.41 Å². The van der Waals surface area contributed by atoms with Gasteiger partial charge in [0.1, 0.15) is 0 Å². The number of rotatable bonds is 6. The third kappa shape index (κ3) is 5.22. The molecule has 1 rings (SSSR count). The van der Waals surface area contributed by atoms with Gasteiger partial charge in [-0.1, -0.05) is 54.9 Å². The standard InChI is InChI=1S/C15H24BrN/c1-5-17-12(2)10-15(3,4)11-13-8-6-7-9-14(13)16/h6-9,12,17H,5,10-11H2,1-4H3. The fraction of sp³-hybridized carbons (Fsp3) is 0.600. The van der Waals surface area contributed by atoms with Gasteiger partial charge in [0.05, 0.1) is 0 Å². The van der Waals surface area contributed by atoms with Crippen LogP contribution in [0.15, 0.2) is 28.7 Å². The lowest BCUT2D eigenvalue weighted by Gasteiger charge is -2.29. The van der Waals surface area contributed by atoms with Gasteiger partial charge in [0, 0.05) is 10.5 Å². The molecule has 0 aromatic heterocycles. The van der Waals surface area contributed by atoms with Gasteiger partial charge in [-0.05, 0) is 43.4 Å². The molecule has 17 heavy (non-hydrogen) atoms. The number of hydrogen-bond donors (Lipinski definition) is 1. The smallest absolute Gasteiger partial charge is 0.0207 e. The first-order valence-corrected chi connectivity index (χ1v) is 7.20. The number of halogens is 1. The molecule has 0 heterocycles. The second-order valence-corrected chi connectivity index (χ2v) is 6.45. The molecule has 1 nitrogen and oxygen atoms in total. The van der Waals surface area contributed by atoms with Gasteiger partial charge in [0.25, 0.3) is 0 Å². The summed E-state index contributed by atoms with van der Waals surface area (Å²) < 4.78 is 1.23. The van der Waals surface area contributed by atoms with Crippen molar-refractivity contribution < 1.29 is 0 Å². The van der Waals surface area contributed by atoms with Crippen LogP contribution in [0.5, 0.6) is 0 Å². The summed E-state index contributed by atoms with van der Waals surface area (Å²) in [7, 11) is 0. The van der Waals surface area contributed by atoms with E-state index in [2.05, 4.69) is 73.2 Å². The molecule has 2 heteroatoms. The Morgan fingerprint density at radius 3 is 2.53 bits per heavy atom. The minimum atomic E-state index is 0.325. The minimum Gasteiger partial charge on any atom is -0.315 e. The summed E-state index contributed by atoms with van der Waals surface area (Å²) in [6.45, 7) is 10.2. The molecule has 0 fully saturated rings. The molecule has 0 saturated heterocycles. The molecule has 1 unspecified atom stereocenters. The predicted octanol–water partition coefficient (Wildman–Crippen LogP) is 4.41. The number of benzene rings is 1. The van der Waals surface area contributed by atoms with E-state index in [0.29, 0.717) is 11.5 Å². The summed E-state index contributed by atoms with van der Waals surface area (Å²) >= 11 is 3.63. The third-order valence-electron chi connectivity index (χ3n) is 3.04. The topological polar surface area (TPSA) is 12.0 Å². The molecule has 0 amide bonds. The van der Waals surface area contributed by atoms with Gasteiger partial charge in [0.15, 0.2) is 0 Å². The average Bonchev–Trinajstić information content (AvgIpc) is 2.20. The van der Waals surface area contributed by atoms with Crippen molar-refractivity contribution in [3.05, 3.63) is 34.3 Å². The largest absolute Gasteiger partial charge is 0.315 e. The summed E-state index contributed by atoms with van der Waals surface area (Å²) in [5.74, 6) is 0. The summed E-state index contributed by atoms with van der Waals surface area (Å²) in [5, 5.41) is 3.49. The van der Waals surface area contributed by atoms with E-state index in [-0.39, 0.29) is 0 Å².